The summed E-state index contributed by atoms with van der Waals surface area (Å²) in [4.78, 5) is 30.9. The zero-order chi connectivity index (χ0) is 17.1. The fourth-order valence-electron chi connectivity index (χ4n) is 2.73. The normalized spacial score (nSPS) is 14.5. The highest BCUT2D eigenvalue weighted by Gasteiger charge is 2.26. The van der Waals surface area contributed by atoms with E-state index in [1.54, 1.807) is 35.2 Å². The molecule has 0 radical (unpaired) electrons. The standard InChI is InChI=1S/C16H17N5O3/c17-12-5-6-13(18-11-12)16(22)20-9-7-19(8-10-20)14-3-1-2-4-15(14)21(23)24/h1-6,11H,7-10,17H2. The molecule has 0 aliphatic carbocycles. The predicted octanol–water partition coefficient (Wildman–Crippen LogP) is 1.53. The molecule has 2 heterocycles. The van der Waals surface area contributed by atoms with Gasteiger partial charge in [-0.05, 0) is 18.2 Å². The van der Waals surface area contributed by atoms with Crippen molar-refractivity contribution in [3.05, 3.63) is 58.4 Å². The Morgan fingerprint density at radius 3 is 2.46 bits per heavy atom. The van der Waals surface area contributed by atoms with E-state index in [2.05, 4.69) is 4.98 Å². The van der Waals surface area contributed by atoms with Crippen LogP contribution < -0.4 is 10.6 Å². The number of rotatable bonds is 3. The van der Waals surface area contributed by atoms with Crippen LogP contribution in [0.15, 0.2) is 42.6 Å². The number of hydrogen-bond acceptors (Lipinski definition) is 6. The molecule has 8 nitrogen and oxygen atoms in total. The van der Waals surface area contributed by atoms with E-state index in [9.17, 15) is 14.9 Å². The van der Waals surface area contributed by atoms with E-state index in [1.165, 1.54) is 12.3 Å². The van der Waals surface area contributed by atoms with Crippen molar-refractivity contribution in [1.82, 2.24) is 9.88 Å². The highest BCUT2D eigenvalue weighted by Crippen LogP contribution is 2.28. The Hall–Kier alpha value is -3.16. The van der Waals surface area contributed by atoms with Gasteiger partial charge in [0.1, 0.15) is 11.4 Å². The number of pyridine rings is 1. The van der Waals surface area contributed by atoms with Gasteiger partial charge in [0.15, 0.2) is 0 Å². The number of amides is 1. The number of carbonyl (C=O) groups is 1. The first-order chi connectivity index (χ1) is 11.6. The lowest BCUT2D eigenvalue weighted by Crippen LogP contribution is -2.49. The van der Waals surface area contributed by atoms with Gasteiger partial charge in [0.2, 0.25) is 0 Å². The van der Waals surface area contributed by atoms with Crippen LogP contribution in [0, 0.1) is 10.1 Å². The Morgan fingerprint density at radius 1 is 1.12 bits per heavy atom. The topological polar surface area (TPSA) is 106 Å². The third kappa shape index (κ3) is 3.12. The first-order valence-electron chi connectivity index (χ1n) is 7.55. The molecule has 1 aliphatic heterocycles. The summed E-state index contributed by atoms with van der Waals surface area (Å²) in [6.07, 6.45) is 1.46. The number of nitrogen functional groups attached to an aromatic ring is 1. The molecule has 0 atom stereocenters. The summed E-state index contributed by atoms with van der Waals surface area (Å²) >= 11 is 0. The summed E-state index contributed by atoms with van der Waals surface area (Å²) in [6.45, 7) is 2.03. The molecular weight excluding hydrogens is 310 g/mol. The van der Waals surface area contributed by atoms with E-state index in [1.807, 2.05) is 4.90 Å². The maximum absolute atomic E-state index is 12.4. The van der Waals surface area contributed by atoms with Crippen molar-refractivity contribution < 1.29 is 9.72 Å². The van der Waals surface area contributed by atoms with E-state index in [0.29, 0.717) is 43.2 Å². The minimum Gasteiger partial charge on any atom is -0.397 e. The number of nitrogens with two attached hydrogens (primary N) is 1. The van der Waals surface area contributed by atoms with Gasteiger partial charge in [-0.1, -0.05) is 12.1 Å². The number of nitrogens with zero attached hydrogens (tertiary/aromatic N) is 4. The van der Waals surface area contributed by atoms with Crippen molar-refractivity contribution in [3.63, 3.8) is 0 Å². The van der Waals surface area contributed by atoms with Crippen LogP contribution in [0.25, 0.3) is 0 Å². The zero-order valence-corrected chi connectivity index (χ0v) is 13.0. The minimum atomic E-state index is -0.384. The van der Waals surface area contributed by atoms with Crippen molar-refractivity contribution in [3.8, 4) is 0 Å². The second-order valence-electron chi connectivity index (χ2n) is 5.50. The van der Waals surface area contributed by atoms with Gasteiger partial charge in [-0.2, -0.15) is 0 Å². The SMILES string of the molecule is Nc1ccc(C(=O)N2CCN(c3ccccc3[N+](=O)[O-])CC2)nc1. The second kappa shape index (κ2) is 6.53. The van der Waals surface area contributed by atoms with Crippen LogP contribution in [0.4, 0.5) is 17.1 Å². The zero-order valence-electron chi connectivity index (χ0n) is 13.0. The first kappa shape index (κ1) is 15.7. The minimum absolute atomic E-state index is 0.0810. The first-order valence-corrected chi connectivity index (χ1v) is 7.55. The van der Waals surface area contributed by atoms with Crippen molar-refractivity contribution in [1.29, 1.82) is 0 Å². The van der Waals surface area contributed by atoms with Crippen LogP contribution in [-0.4, -0.2) is 46.9 Å². The fraction of sp³-hybridized carbons (Fsp3) is 0.250. The fourth-order valence-corrected chi connectivity index (χ4v) is 2.73. The summed E-state index contributed by atoms with van der Waals surface area (Å²) in [5.74, 6) is -0.155. The Labute approximate surface area is 138 Å². The molecule has 1 aliphatic rings. The maximum atomic E-state index is 12.4. The number of nitro benzene ring substituents is 1. The van der Waals surface area contributed by atoms with Gasteiger partial charge in [-0.3, -0.25) is 14.9 Å². The summed E-state index contributed by atoms with van der Waals surface area (Å²) < 4.78 is 0. The third-order valence-electron chi connectivity index (χ3n) is 3.99. The van der Waals surface area contributed by atoms with Crippen LogP contribution in [-0.2, 0) is 0 Å². The molecule has 3 rings (SSSR count). The molecule has 1 saturated heterocycles. The van der Waals surface area contributed by atoms with Gasteiger partial charge >= 0.3 is 0 Å². The predicted molar refractivity (Wildman–Crippen MR) is 89.9 cm³/mol. The highest BCUT2D eigenvalue weighted by atomic mass is 16.6. The van der Waals surface area contributed by atoms with Crippen molar-refractivity contribution in [2.75, 3.05) is 36.8 Å². The maximum Gasteiger partial charge on any atom is 0.292 e. The quantitative estimate of drug-likeness (QED) is 0.677. The van der Waals surface area contributed by atoms with E-state index in [0.717, 1.165) is 0 Å². The largest absolute Gasteiger partial charge is 0.397 e. The number of aromatic nitrogens is 1. The molecule has 0 bridgehead atoms. The molecule has 1 fully saturated rings. The van der Waals surface area contributed by atoms with Gasteiger partial charge in [-0.25, -0.2) is 4.98 Å². The average molecular weight is 327 g/mol. The molecule has 1 aromatic heterocycles. The van der Waals surface area contributed by atoms with Crippen LogP contribution in [0.3, 0.4) is 0 Å². The highest BCUT2D eigenvalue weighted by molar-refractivity contribution is 5.92. The third-order valence-corrected chi connectivity index (χ3v) is 3.99. The van der Waals surface area contributed by atoms with E-state index in [4.69, 9.17) is 5.73 Å². The van der Waals surface area contributed by atoms with Crippen molar-refractivity contribution >= 4 is 23.0 Å². The number of nitro groups is 1. The van der Waals surface area contributed by atoms with E-state index in [-0.39, 0.29) is 16.5 Å². The van der Waals surface area contributed by atoms with Gasteiger partial charge in [0.05, 0.1) is 16.8 Å². The van der Waals surface area contributed by atoms with Crippen LogP contribution in [0.1, 0.15) is 10.5 Å². The lowest BCUT2D eigenvalue weighted by atomic mass is 10.2. The van der Waals surface area contributed by atoms with E-state index < -0.39 is 0 Å². The molecule has 0 saturated carbocycles. The van der Waals surface area contributed by atoms with Gasteiger partial charge < -0.3 is 15.5 Å². The van der Waals surface area contributed by atoms with E-state index >= 15 is 0 Å². The molecule has 124 valence electrons. The van der Waals surface area contributed by atoms with Crippen LogP contribution in [0.5, 0.6) is 0 Å². The number of para-hydroxylation sites is 2. The summed E-state index contributed by atoms with van der Waals surface area (Å²) in [7, 11) is 0. The van der Waals surface area contributed by atoms with Gasteiger partial charge in [0.25, 0.3) is 11.6 Å². The Balaban J connectivity index is 1.69. The molecule has 0 spiro atoms. The molecule has 24 heavy (non-hydrogen) atoms. The molecule has 2 N–H and O–H groups in total. The number of carbonyl (C=O) groups excluding carboxylic acids is 1. The molecule has 1 aromatic carbocycles. The lowest BCUT2D eigenvalue weighted by molar-refractivity contribution is -0.384. The van der Waals surface area contributed by atoms with Gasteiger partial charge in [-0.15, -0.1) is 0 Å². The van der Waals surface area contributed by atoms with Crippen molar-refractivity contribution in [2.45, 2.75) is 0 Å². The lowest BCUT2D eigenvalue weighted by Gasteiger charge is -2.35. The Bertz CT molecular complexity index is 755. The summed E-state index contributed by atoms with van der Waals surface area (Å²) in [6, 6.07) is 9.89. The molecule has 2 aromatic rings. The smallest absolute Gasteiger partial charge is 0.292 e. The van der Waals surface area contributed by atoms with Crippen molar-refractivity contribution in [2.24, 2.45) is 0 Å². The number of anilines is 2. The van der Waals surface area contributed by atoms with Crippen LogP contribution in [0.2, 0.25) is 0 Å². The van der Waals surface area contributed by atoms with Crippen LogP contribution >= 0.6 is 0 Å². The summed E-state index contributed by atoms with van der Waals surface area (Å²) in [5, 5.41) is 11.1. The molecule has 0 unspecified atom stereocenters. The number of piperazine rings is 1. The Morgan fingerprint density at radius 2 is 1.83 bits per heavy atom. The molecule has 1 amide bonds. The summed E-state index contributed by atoms with van der Waals surface area (Å²) in [5.41, 5.74) is 7.10. The number of hydrogen-bond donors (Lipinski definition) is 1. The molecule has 8 heteroatoms. The van der Waals surface area contributed by atoms with Gasteiger partial charge in [0, 0.05) is 32.2 Å². The number of benzene rings is 1. The Kier molecular flexibility index (Phi) is 4.28. The molecular formula is C16H17N5O3. The monoisotopic (exact) mass is 327 g/mol. The average Bonchev–Trinajstić information content (AvgIpc) is 2.62. The second-order valence-corrected chi connectivity index (χ2v) is 5.50.